The number of carbonyl (C=O) groups excluding carboxylic acids is 2. The Kier molecular flexibility index (Phi) is 4.65. The van der Waals surface area contributed by atoms with E-state index in [1.807, 2.05) is 56.3 Å². The summed E-state index contributed by atoms with van der Waals surface area (Å²) in [5, 5.41) is 2.94. The molecule has 2 aromatic carbocycles. The van der Waals surface area contributed by atoms with Crippen LogP contribution in [0.25, 0.3) is 0 Å². The number of nitrogens with zero attached hydrogens (tertiary/aromatic N) is 2. The minimum Gasteiger partial charge on any atom is -0.321 e. The average Bonchev–Trinajstić information content (AvgIpc) is 3.14. The molecule has 2 heterocycles. The lowest BCUT2D eigenvalue weighted by molar-refractivity contribution is 0.0989. The maximum Gasteiger partial charge on any atom is 0.259 e. The Hall–Kier alpha value is -3.47. The van der Waals surface area contributed by atoms with E-state index in [0.29, 0.717) is 17.7 Å². The first-order chi connectivity index (χ1) is 13.5. The normalized spacial score (nSPS) is 12.6. The van der Waals surface area contributed by atoms with Crippen molar-refractivity contribution in [2.24, 2.45) is 0 Å². The summed E-state index contributed by atoms with van der Waals surface area (Å²) in [6.07, 6.45) is 3.83. The predicted octanol–water partition coefficient (Wildman–Crippen LogP) is 4.15. The minimum absolute atomic E-state index is 0.140. The number of carbonyl (C=O) groups is 2. The number of aromatic nitrogens is 1. The smallest absolute Gasteiger partial charge is 0.259 e. The van der Waals surface area contributed by atoms with Crippen molar-refractivity contribution in [1.82, 2.24) is 4.98 Å². The van der Waals surface area contributed by atoms with Gasteiger partial charge in [-0.25, -0.2) is 0 Å². The summed E-state index contributed by atoms with van der Waals surface area (Å²) >= 11 is 0. The summed E-state index contributed by atoms with van der Waals surface area (Å²) in [7, 11) is 0. The van der Waals surface area contributed by atoms with E-state index in [0.717, 1.165) is 34.5 Å². The van der Waals surface area contributed by atoms with Gasteiger partial charge in [-0.15, -0.1) is 0 Å². The average molecular weight is 371 g/mol. The molecule has 0 aliphatic carbocycles. The first-order valence-corrected chi connectivity index (χ1v) is 9.27. The van der Waals surface area contributed by atoms with E-state index in [9.17, 15) is 9.59 Å². The van der Waals surface area contributed by atoms with Gasteiger partial charge in [0.2, 0.25) is 0 Å². The van der Waals surface area contributed by atoms with E-state index in [-0.39, 0.29) is 11.8 Å². The number of amides is 2. The van der Waals surface area contributed by atoms with Crippen molar-refractivity contribution >= 4 is 23.2 Å². The number of benzene rings is 2. The number of pyridine rings is 1. The first kappa shape index (κ1) is 17.9. The van der Waals surface area contributed by atoms with Crippen LogP contribution >= 0.6 is 0 Å². The van der Waals surface area contributed by atoms with Crippen LogP contribution in [0.4, 0.5) is 11.4 Å². The molecule has 1 N–H and O–H groups in total. The molecule has 1 aliphatic heterocycles. The lowest BCUT2D eigenvalue weighted by Crippen LogP contribution is -2.29. The molecule has 5 heteroatoms. The number of hydrogen-bond acceptors (Lipinski definition) is 3. The molecule has 0 spiro atoms. The second-order valence-corrected chi connectivity index (χ2v) is 7.02. The number of anilines is 2. The zero-order valence-electron chi connectivity index (χ0n) is 15.9. The highest BCUT2D eigenvalue weighted by molar-refractivity contribution is 6.10. The van der Waals surface area contributed by atoms with E-state index in [4.69, 9.17) is 0 Å². The summed E-state index contributed by atoms with van der Waals surface area (Å²) in [5.74, 6) is -0.416. The Morgan fingerprint density at radius 2 is 1.68 bits per heavy atom. The van der Waals surface area contributed by atoms with Gasteiger partial charge in [-0.05, 0) is 49.1 Å². The van der Waals surface area contributed by atoms with Gasteiger partial charge in [-0.1, -0.05) is 36.4 Å². The van der Waals surface area contributed by atoms with Crippen LogP contribution in [0.1, 0.15) is 37.4 Å². The van der Waals surface area contributed by atoms with Gasteiger partial charge in [-0.3, -0.25) is 14.6 Å². The topological polar surface area (TPSA) is 62.3 Å². The van der Waals surface area contributed by atoms with Crippen molar-refractivity contribution in [2.75, 3.05) is 16.8 Å². The lowest BCUT2D eigenvalue weighted by atomic mass is 10.1. The van der Waals surface area contributed by atoms with Crippen LogP contribution in [-0.4, -0.2) is 23.3 Å². The van der Waals surface area contributed by atoms with Crippen LogP contribution < -0.4 is 10.2 Å². The van der Waals surface area contributed by atoms with Gasteiger partial charge in [0.25, 0.3) is 11.8 Å². The van der Waals surface area contributed by atoms with Crippen molar-refractivity contribution in [3.63, 3.8) is 0 Å². The molecule has 0 bridgehead atoms. The molecule has 5 nitrogen and oxygen atoms in total. The molecule has 0 fully saturated rings. The van der Waals surface area contributed by atoms with Gasteiger partial charge in [0, 0.05) is 30.3 Å². The predicted molar refractivity (Wildman–Crippen MR) is 110 cm³/mol. The van der Waals surface area contributed by atoms with E-state index >= 15 is 0 Å². The number of fused-ring (bicyclic) bond motifs is 1. The SMILES string of the molecule is Cc1cccc(C)c1NC(=O)c1cncc(C(=O)N2CCc3ccccc32)c1. The Morgan fingerprint density at radius 1 is 0.964 bits per heavy atom. The van der Waals surface area contributed by atoms with Crippen LogP contribution in [0.5, 0.6) is 0 Å². The number of hydrogen-bond donors (Lipinski definition) is 1. The van der Waals surface area contributed by atoms with E-state index in [1.165, 1.54) is 12.4 Å². The van der Waals surface area contributed by atoms with Crippen molar-refractivity contribution in [1.29, 1.82) is 0 Å². The van der Waals surface area contributed by atoms with Gasteiger partial charge in [0.1, 0.15) is 0 Å². The summed E-state index contributed by atoms with van der Waals surface area (Å²) in [4.78, 5) is 31.6. The van der Waals surface area contributed by atoms with Gasteiger partial charge in [0.05, 0.1) is 11.1 Å². The molecule has 140 valence electrons. The Bertz CT molecular complexity index is 1050. The highest BCUT2D eigenvalue weighted by Gasteiger charge is 2.25. The third kappa shape index (κ3) is 3.27. The van der Waals surface area contributed by atoms with E-state index in [2.05, 4.69) is 10.3 Å². The molecule has 2 amide bonds. The molecule has 0 unspecified atom stereocenters. The van der Waals surface area contributed by atoms with E-state index in [1.54, 1.807) is 11.0 Å². The maximum atomic E-state index is 13.0. The zero-order chi connectivity index (χ0) is 19.7. The molecule has 0 saturated carbocycles. The Morgan fingerprint density at radius 3 is 2.46 bits per heavy atom. The zero-order valence-corrected chi connectivity index (χ0v) is 15.9. The third-order valence-corrected chi connectivity index (χ3v) is 5.10. The molecule has 28 heavy (non-hydrogen) atoms. The molecule has 0 saturated heterocycles. The molecular weight excluding hydrogens is 350 g/mol. The molecule has 0 atom stereocenters. The lowest BCUT2D eigenvalue weighted by Gasteiger charge is -2.17. The van der Waals surface area contributed by atoms with Crippen molar-refractivity contribution in [3.05, 3.63) is 88.7 Å². The van der Waals surface area contributed by atoms with Crippen LogP contribution in [0, 0.1) is 13.8 Å². The molecule has 0 radical (unpaired) electrons. The monoisotopic (exact) mass is 371 g/mol. The van der Waals surface area contributed by atoms with Crippen molar-refractivity contribution in [2.45, 2.75) is 20.3 Å². The van der Waals surface area contributed by atoms with Gasteiger partial charge in [0.15, 0.2) is 0 Å². The minimum atomic E-state index is -0.277. The largest absolute Gasteiger partial charge is 0.321 e. The fraction of sp³-hybridized carbons (Fsp3) is 0.174. The van der Waals surface area contributed by atoms with Crippen LogP contribution in [0.3, 0.4) is 0 Å². The number of nitrogens with one attached hydrogen (secondary N) is 1. The van der Waals surface area contributed by atoms with Crippen LogP contribution in [0.15, 0.2) is 60.9 Å². The summed E-state index contributed by atoms with van der Waals surface area (Å²) in [6.45, 7) is 4.54. The fourth-order valence-corrected chi connectivity index (χ4v) is 3.58. The molecule has 1 aliphatic rings. The van der Waals surface area contributed by atoms with Gasteiger partial charge < -0.3 is 10.2 Å². The third-order valence-electron chi connectivity index (χ3n) is 5.10. The fourth-order valence-electron chi connectivity index (χ4n) is 3.58. The van der Waals surface area contributed by atoms with Crippen LogP contribution in [-0.2, 0) is 6.42 Å². The summed E-state index contributed by atoms with van der Waals surface area (Å²) in [6, 6.07) is 15.4. The second-order valence-electron chi connectivity index (χ2n) is 7.02. The van der Waals surface area contributed by atoms with Crippen molar-refractivity contribution in [3.8, 4) is 0 Å². The second kappa shape index (κ2) is 7.27. The maximum absolute atomic E-state index is 13.0. The molecule has 1 aromatic heterocycles. The number of rotatable bonds is 3. The molecule has 3 aromatic rings. The summed E-state index contributed by atoms with van der Waals surface area (Å²) in [5.41, 5.74) is 5.62. The van der Waals surface area contributed by atoms with Crippen molar-refractivity contribution < 1.29 is 9.59 Å². The Balaban J connectivity index is 1.58. The Labute approximate surface area is 164 Å². The molecular formula is C23H21N3O2. The highest BCUT2D eigenvalue weighted by atomic mass is 16.2. The summed E-state index contributed by atoms with van der Waals surface area (Å²) < 4.78 is 0. The molecule has 4 rings (SSSR count). The van der Waals surface area contributed by atoms with Gasteiger partial charge in [-0.2, -0.15) is 0 Å². The van der Waals surface area contributed by atoms with Gasteiger partial charge >= 0.3 is 0 Å². The quantitative estimate of drug-likeness (QED) is 0.752. The van der Waals surface area contributed by atoms with E-state index < -0.39 is 0 Å². The number of aryl methyl sites for hydroxylation is 2. The standard InChI is InChI=1S/C23H21N3O2/c1-15-6-5-7-16(2)21(15)25-22(27)18-12-19(14-24-13-18)23(28)26-11-10-17-8-3-4-9-20(17)26/h3-9,12-14H,10-11H2,1-2H3,(H,25,27). The van der Waals surface area contributed by atoms with Crippen LogP contribution in [0.2, 0.25) is 0 Å². The highest BCUT2D eigenvalue weighted by Crippen LogP contribution is 2.29. The first-order valence-electron chi connectivity index (χ1n) is 9.27. The number of para-hydroxylation sites is 2.